The smallest absolute Gasteiger partial charge is 0.347 e. The number of ether oxygens (including phenoxy) is 2. The molecule has 202 valence electrons. The molecule has 0 saturated heterocycles. The number of rotatable bonds is 9. The summed E-state index contributed by atoms with van der Waals surface area (Å²) in [5, 5.41) is 1.30. The Labute approximate surface area is 244 Å². The lowest BCUT2D eigenvalue weighted by Gasteiger charge is -2.17. The Morgan fingerprint density at radius 2 is 1.22 bits per heavy atom. The number of hydrogen-bond donors (Lipinski definition) is 0. The lowest BCUT2D eigenvalue weighted by Crippen LogP contribution is -2.30. The van der Waals surface area contributed by atoms with Crippen molar-refractivity contribution in [1.82, 2.24) is 0 Å². The van der Waals surface area contributed by atoms with Gasteiger partial charge < -0.3 is 9.47 Å². The van der Waals surface area contributed by atoms with Gasteiger partial charge in [0.25, 0.3) is 0 Å². The molecule has 6 aromatic rings. The van der Waals surface area contributed by atoms with Crippen LogP contribution in [0, 0.1) is 0 Å². The maximum absolute atomic E-state index is 12.4. The Morgan fingerprint density at radius 3 is 1.88 bits per heavy atom. The lowest BCUT2D eigenvalue weighted by atomic mass is 9.96. The van der Waals surface area contributed by atoms with E-state index >= 15 is 0 Å². The van der Waals surface area contributed by atoms with Crippen LogP contribution in [0.25, 0.3) is 32.3 Å². The molecule has 0 aliphatic carbocycles. The summed E-state index contributed by atoms with van der Waals surface area (Å²) in [5.41, 5.74) is 7.08. The van der Waals surface area contributed by atoms with E-state index in [0.29, 0.717) is 12.2 Å². The molecule has 0 radical (unpaired) electrons. The fourth-order valence-corrected chi connectivity index (χ4v) is 6.43. The van der Waals surface area contributed by atoms with Crippen LogP contribution in [0.3, 0.4) is 0 Å². The Hall–Kier alpha value is -4.67. The van der Waals surface area contributed by atoms with Gasteiger partial charge >= 0.3 is 5.97 Å². The number of thiophene rings is 1. The summed E-state index contributed by atoms with van der Waals surface area (Å²) in [6.07, 6.45) is 0.647. The van der Waals surface area contributed by atoms with Crippen LogP contribution in [0.1, 0.15) is 16.0 Å². The molecular weight excluding hydrogens is 524 g/mol. The van der Waals surface area contributed by atoms with Crippen molar-refractivity contribution in [3.8, 4) is 28.0 Å². The van der Waals surface area contributed by atoms with Crippen molar-refractivity contribution >= 4 is 27.4 Å². The van der Waals surface area contributed by atoms with Crippen LogP contribution in [0.15, 0.2) is 133 Å². The molecule has 1 heterocycles. The summed E-state index contributed by atoms with van der Waals surface area (Å²) in [6, 6.07) is 45.8. The van der Waals surface area contributed by atoms with E-state index in [1.165, 1.54) is 38.8 Å². The van der Waals surface area contributed by atoms with Gasteiger partial charge in [0.15, 0.2) is 6.10 Å². The molecule has 0 N–H and O–H groups in total. The van der Waals surface area contributed by atoms with Crippen molar-refractivity contribution in [3.63, 3.8) is 0 Å². The molecular formula is C37H30O3S. The first-order valence-electron chi connectivity index (χ1n) is 13.7. The number of esters is 1. The third kappa shape index (κ3) is 6.08. The lowest BCUT2D eigenvalue weighted by molar-refractivity contribution is -0.148. The highest BCUT2D eigenvalue weighted by atomic mass is 32.1. The highest BCUT2D eigenvalue weighted by Gasteiger charge is 2.22. The molecule has 3 nitrogen and oxygen atoms in total. The monoisotopic (exact) mass is 554 g/mol. The van der Waals surface area contributed by atoms with E-state index in [0.717, 1.165) is 23.1 Å². The Balaban J connectivity index is 1.23. The van der Waals surface area contributed by atoms with Crippen molar-refractivity contribution in [2.24, 2.45) is 0 Å². The van der Waals surface area contributed by atoms with Crippen LogP contribution in [0.2, 0.25) is 0 Å². The molecule has 1 aromatic heterocycles. The topological polar surface area (TPSA) is 35.5 Å². The van der Waals surface area contributed by atoms with Crippen LogP contribution < -0.4 is 4.74 Å². The average molecular weight is 555 g/mol. The summed E-state index contributed by atoms with van der Waals surface area (Å²) < 4.78 is 12.4. The SMILES string of the molecule is COC(=O)[C@@H](Cc1ccccc1)Oc1ccc(-c2ccc(-c3c(Cc4ccccc4)sc4ccccc34)cc2)cc1. The second-order valence-electron chi connectivity index (χ2n) is 9.98. The van der Waals surface area contributed by atoms with Gasteiger partial charge in [-0.25, -0.2) is 4.79 Å². The number of hydrogen-bond acceptors (Lipinski definition) is 4. The second kappa shape index (κ2) is 12.2. The Morgan fingerprint density at radius 1 is 0.659 bits per heavy atom. The van der Waals surface area contributed by atoms with Gasteiger partial charge in [-0.15, -0.1) is 11.3 Å². The standard InChI is InChI=1S/C37H30O3S/c1-39-37(38)33(24-26-10-4-2-5-11-26)40-31-22-20-29(21-23-31)28-16-18-30(19-17-28)36-32-14-8-9-15-34(32)41-35(36)25-27-12-6-3-7-13-27/h2-23,33H,24-25H2,1H3/t33-/m1/s1. The molecule has 0 spiro atoms. The van der Waals surface area contributed by atoms with Crippen molar-refractivity contribution < 1.29 is 14.3 Å². The number of benzene rings is 5. The fraction of sp³-hybridized carbons (Fsp3) is 0.108. The molecule has 0 aliphatic heterocycles. The van der Waals surface area contributed by atoms with Crippen LogP contribution >= 0.6 is 11.3 Å². The molecule has 41 heavy (non-hydrogen) atoms. The Bertz CT molecular complexity index is 1740. The van der Waals surface area contributed by atoms with Crippen LogP contribution in [-0.2, 0) is 22.4 Å². The van der Waals surface area contributed by atoms with Crippen LogP contribution in [-0.4, -0.2) is 19.2 Å². The number of carbonyl (C=O) groups is 1. The fourth-order valence-electron chi connectivity index (χ4n) is 5.17. The van der Waals surface area contributed by atoms with Gasteiger partial charge in [-0.2, -0.15) is 0 Å². The molecule has 0 fully saturated rings. The number of methoxy groups -OCH3 is 1. The van der Waals surface area contributed by atoms with Gasteiger partial charge in [0.2, 0.25) is 0 Å². The predicted octanol–water partition coefficient (Wildman–Crippen LogP) is 8.99. The first-order valence-corrected chi connectivity index (χ1v) is 14.5. The van der Waals surface area contributed by atoms with E-state index in [-0.39, 0.29) is 5.97 Å². The van der Waals surface area contributed by atoms with Crippen molar-refractivity contribution in [2.75, 3.05) is 7.11 Å². The maximum Gasteiger partial charge on any atom is 0.347 e. The second-order valence-corrected chi connectivity index (χ2v) is 11.1. The Kier molecular flexibility index (Phi) is 7.92. The normalized spacial score (nSPS) is 11.7. The molecule has 0 saturated carbocycles. The van der Waals surface area contributed by atoms with Crippen molar-refractivity contribution in [1.29, 1.82) is 0 Å². The largest absolute Gasteiger partial charge is 0.478 e. The van der Waals surface area contributed by atoms with Gasteiger partial charge in [-0.05, 0) is 46.0 Å². The van der Waals surface area contributed by atoms with E-state index in [4.69, 9.17) is 9.47 Å². The van der Waals surface area contributed by atoms with Gasteiger partial charge in [-0.3, -0.25) is 0 Å². The summed E-state index contributed by atoms with van der Waals surface area (Å²) in [7, 11) is 1.39. The zero-order valence-electron chi connectivity index (χ0n) is 22.8. The third-order valence-electron chi connectivity index (χ3n) is 7.24. The van der Waals surface area contributed by atoms with Gasteiger partial charge in [-0.1, -0.05) is 115 Å². The van der Waals surface area contributed by atoms with Gasteiger partial charge in [0.05, 0.1) is 7.11 Å². The average Bonchev–Trinajstić information content (AvgIpc) is 3.39. The number of fused-ring (bicyclic) bond motifs is 1. The molecule has 1 atom stereocenters. The summed E-state index contributed by atoms with van der Waals surface area (Å²) in [5.74, 6) is 0.244. The quantitative estimate of drug-likeness (QED) is 0.167. The molecule has 4 heteroatoms. The molecule has 0 bridgehead atoms. The van der Waals surface area contributed by atoms with E-state index in [1.807, 2.05) is 65.9 Å². The zero-order chi connectivity index (χ0) is 28.0. The summed E-state index contributed by atoms with van der Waals surface area (Å²) in [6.45, 7) is 0. The van der Waals surface area contributed by atoms with E-state index in [2.05, 4.69) is 78.9 Å². The molecule has 0 aliphatic rings. The summed E-state index contributed by atoms with van der Waals surface area (Å²) in [4.78, 5) is 13.8. The number of carbonyl (C=O) groups excluding carboxylic acids is 1. The maximum atomic E-state index is 12.4. The van der Waals surface area contributed by atoms with Crippen molar-refractivity contribution in [2.45, 2.75) is 18.9 Å². The van der Waals surface area contributed by atoms with Crippen LogP contribution in [0.4, 0.5) is 0 Å². The molecule has 6 rings (SSSR count). The van der Waals surface area contributed by atoms with E-state index < -0.39 is 6.10 Å². The molecule has 0 unspecified atom stereocenters. The first kappa shape index (κ1) is 26.5. The van der Waals surface area contributed by atoms with E-state index in [1.54, 1.807) is 0 Å². The highest BCUT2D eigenvalue weighted by Crippen LogP contribution is 2.40. The molecule has 5 aromatic carbocycles. The minimum absolute atomic E-state index is 0.388. The predicted molar refractivity (Wildman–Crippen MR) is 169 cm³/mol. The van der Waals surface area contributed by atoms with Crippen molar-refractivity contribution in [3.05, 3.63) is 149 Å². The van der Waals surface area contributed by atoms with Gasteiger partial charge in [0, 0.05) is 33.4 Å². The minimum Gasteiger partial charge on any atom is -0.478 e. The summed E-state index contributed by atoms with van der Waals surface area (Å²) >= 11 is 1.88. The first-order chi connectivity index (χ1) is 20.2. The highest BCUT2D eigenvalue weighted by molar-refractivity contribution is 7.19. The minimum atomic E-state index is -0.710. The van der Waals surface area contributed by atoms with E-state index in [9.17, 15) is 4.79 Å². The third-order valence-corrected chi connectivity index (χ3v) is 8.41. The van der Waals surface area contributed by atoms with Crippen LogP contribution in [0.5, 0.6) is 5.75 Å². The molecule has 0 amide bonds. The van der Waals surface area contributed by atoms with Gasteiger partial charge in [0.1, 0.15) is 5.75 Å². The zero-order valence-corrected chi connectivity index (χ0v) is 23.6.